The molecule has 114 valence electrons. The number of nitrogens with one attached hydrogen (secondary N) is 1. The molecular formula is C15H26N2O2S. The molecule has 2 rings (SSSR count). The molecular weight excluding hydrogens is 272 g/mol. The second kappa shape index (κ2) is 6.76. The van der Waals surface area contributed by atoms with Crippen LogP contribution < -0.4 is 5.32 Å². The van der Waals surface area contributed by atoms with Gasteiger partial charge in [-0.25, -0.2) is 8.42 Å². The van der Waals surface area contributed by atoms with E-state index in [1.54, 1.807) is 0 Å². The van der Waals surface area contributed by atoms with Crippen LogP contribution in [0.4, 0.5) is 0 Å². The van der Waals surface area contributed by atoms with E-state index in [-0.39, 0.29) is 5.75 Å². The van der Waals surface area contributed by atoms with Crippen LogP contribution in [0.15, 0.2) is 18.5 Å². The van der Waals surface area contributed by atoms with Crippen LogP contribution in [0, 0.1) is 5.92 Å². The first-order chi connectivity index (χ1) is 9.55. The molecule has 1 aliphatic rings. The summed E-state index contributed by atoms with van der Waals surface area (Å²) in [6.45, 7) is 5.56. The number of sulfone groups is 1. The van der Waals surface area contributed by atoms with Gasteiger partial charge in [-0.1, -0.05) is 13.8 Å². The van der Waals surface area contributed by atoms with E-state index in [1.807, 2.05) is 17.7 Å². The predicted octanol–water partition coefficient (Wildman–Crippen LogP) is 2.37. The summed E-state index contributed by atoms with van der Waals surface area (Å²) < 4.78 is 25.5. The molecule has 1 N–H and O–H groups in total. The molecule has 5 heteroatoms. The monoisotopic (exact) mass is 298 g/mol. The predicted molar refractivity (Wildman–Crippen MR) is 82.5 cm³/mol. The van der Waals surface area contributed by atoms with E-state index in [0.717, 1.165) is 12.5 Å². The summed E-state index contributed by atoms with van der Waals surface area (Å²) in [6, 6.07) is 2.56. The topological polar surface area (TPSA) is 51.1 Å². The summed E-state index contributed by atoms with van der Waals surface area (Å²) >= 11 is 0. The van der Waals surface area contributed by atoms with Crippen molar-refractivity contribution in [3.63, 3.8) is 0 Å². The fraction of sp³-hybridized carbons (Fsp3) is 0.733. The molecule has 0 spiro atoms. The Morgan fingerprint density at radius 2 is 2.10 bits per heavy atom. The van der Waals surface area contributed by atoms with Gasteiger partial charge < -0.3 is 9.88 Å². The minimum atomic E-state index is -2.89. The van der Waals surface area contributed by atoms with E-state index in [9.17, 15) is 8.42 Å². The van der Waals surface area contributed by atoms with Crippen molar-refractivity contribution in [2.75, 3.05) is 18.1 Å². The summed E-state index contributed by atoms with van der Waals surface area (Å²) in [5, 5.41) is 3.54. The van der Waals surface area contributed by atoms with Gasteiger partial charge in [0.15, 0.2) is 9.84 Å². The van der Waals surface area contributed by atoms with E-state index < -0.39 is 9.84 Å². The molecule has 1 aliphatic carbocycles. The quantitative estimate of drug-likeness (QED) is 0.761. The van der Waals surface area contributed by atoms with E-state index in [1.165, 1.54) is 18.4 Å². The third-order valence-corrected chi connectivity index (χ3v) is 5.66. The fourth-order valence-electron chi connectivity index (χ4n) is 2.65. The molecule has 1 saturated carbocycles. The van der Waals surface area contributed by atoms with Gasteiger partial charge in [0, 0.05) is 30.7 Å². The summed E-state index contributed by atoms with van der Waals surface area (Å²) in [5.74, 6) is 1.29. The van der Waals surface area contributed by atoms with Crippen molar-refractivity contribution >= 4 is 9.84 Å². The summed E-state index contributed by atoms with van der Waals surface area (Å²) in [7, 11) is -2.89. The smallest absolute Gasteiger partial charge is 0.152 e. The van der Waals surface area contributed by atoms with E-state index in [0.29, 0.717) is 24.8 Å². The normalized spacial score (nSPS) is 17.3. The Kier molecular flexibility index (Phi) is 5.27. The van der Waals surface area contributed by atoms with Crippen LogP contribution in [0.25, 0.3) is 0 Å². The minimum absolute atomic E-state index is 0.240. The Balaban J connectivity index is 1.94. The summed E-state index contributed by atoms with van der Waals surface area (Å²) in [6.07, 6.45) is 7.40. The highest BCUT2D eigenvalue weighted by Gasteiger charge is 2.32. The Morgan fingerprint density at radius 3 is 2.70 bits per heavy atom. The van der Waals surface area contributed by atoms with Gasteiger partial charge in [-0.15, -0.1) is 0 Å². The summed E-state index contributed by atoms with van der Waals surface area (Å²) in [5.41, 5.74) is 1.29. The van der Waals surface area contributed by atoms with Crippen LogP contribution in [-0.4, -0.2) is 31.0 Å². The number of rotatable bonds is 9. The molecule has 0 aromatic carbocycles. The van der Waals surface area contributed by atoms with Crippen molar-refractivity contribution in [2.24, 2.45) is 5.92 Å². The maximum Gasteiger partial charge on any atom is 0.152 e. The number of hydrogen-bond acceptors (Lipinski definition) is 3. The van der Waals surface area contributed by atoms with Crippen LogP contribution in [0.5, 0.6) is 0 Å². The zero-order valence-electron chi connectivity index (χ0n) is 12.5. The lowest BCUT2D eigenvalue weighted by Crippen LogP contribution is -2.22. The molecule has 0 radical (unpaired) electrons. The van der Waals surface area contributed by atoms with Crippen LogP contribution in [-0.2, 0) is 16.4 Å². The van der Waals surface area contributed by atoms with Crippen molar-refractivity contribution in [1.82, 2.24) is 9.88 Å². The minimum Gasteiger partial charge on any atom is -0.353 e. The van der Waals surface area contributed by atoms with Gasteiger partial charge in [-0.3, -0.25) is 0 Å². The highest BCUT2D eigenvalue weighted by molar-refractivity contribution is 7.91. The molecule has 1 heterocycles. The number of aromatic nitrogens is 1. The van der Waals surface area contributed by atoms with Gasteiger partial charge in [0.2, 0.25) is 0 Å². The Hall–Kier alpha value is -0.810. The van der Waals surface area contributed by atoms with Crippen LogP contribution >= 0.6 is 0 Å². The maximum absolute atomic E-state index is 11.7. The molecule has 1 aromatic heterocycles. The van der Waals surface area contributed by atoms with Gasteiger partial charge >= 0.3 is 0 Å². The molecule has 0 aliphatic heterocycles. The lowest BCUT2D eigenvalue weighted by atomic mass is 10.1. The van der Waals surface area contributed by atoms with Crippen molar-refractivity contribution in [3.05, 3.63) is 24.0 Å². The third-order valence-electron chi connectivity index (χ3n) is 3.83. The Labute approximate surface area is 122 Å². The second-order valence-corrected chi connectivity index (χ2v) is 8.01. The molecule has 0 amide bonds. The second-order valence-electron chi connectivity index (χ2n) is 5.71. The fourth-order valence-corrected chi connectivity index (χ4v) is 3.96. The van der Waals surface area contributed by atoms with Gasteiger partial charge in [0.25, 0.3) is 0 Å². The van der Waals surface area contributed by atoms with Crippen molar-refractivity contribution in [3.8, 4) is 0 Å². The lowest BCUT2D eigenvalue weighted by Gasteiger charge is -2.15. The highest BCUT2D eigenvalue weighted by Crippen LogP contribution is 2.40. The first-order valence-electron chi connectivity index (χ1n) is 7.65. The summed E-state index contributed by atoms with van der Waals surface area (Å²) in [4.78, 5) is 0. The van der Waals surface area contributed by atoms with E-state index in [4.69, 9.17) is 0 Å². The van der Waals surface area contributed by atoms with Gasteiger partial charge in [0.05, 0.1) is 5.75 Å². The van der Waals surface area contributed by atoms with Crippen molar-refractivity contribution in [2.45, 2.75) is 45.7 Å². The molecule has 1 aromatic rings. The largest absolute Gasteiger partial charge is 0.353 e. The molecule has 0 bridgehead atoms. The number of nitrogens with zero attached hydrogens (tertiary/aromatic N) is 1. The molecule has 1 fully saturated rings. The average molecular weight is 298 g/mol. The van der Waals surface area contributed by atoms with Gasteiger partial charge in [-0.05, 0) is 43.4 Å². The number of aryl methyl sites for hydroxylation is 1. The van der Waals surface area contributed by atoms with Crippen LogP contribution in [0.2, 0.25) is 0 Å². The average Bonchev–Trinajstić information content (AvgIpc) is 3.12. The maximum atomic E-state index is 11.7. The van der Waals surface area contributed by atoms with Crippen molar-refractivity contribution in [1.29, 1.82) is 0 Å². The van der Waals surface area contributed by atoms with Gasteiger partial charge in [-0.2, -0.15) is 0 Å². The standard InChI is InChI=1S/C15H26N2O2S/c1-3-10-20(18,19)11-9-17-8-7-14(12-17)15(16-4-2)13-5-6-13/h7-8,12-13,15-16H,3-6,9-11H2,1-2H3. The van der Waals surface area contributed by atoms with E-state index >= 15 is 0 Å². The Bertz CT molecular complexity index is 518. The molecule has 20 heavy (non-hydrogen) atoms. The molecule has 4 nitrogen and oxygen atoms in total. The lowest BCUT2D eigenvalue weighted by molar-refractivity contribution is 0.495. The zero-order valence-corrected chi connectivity index (χ0v) is 13.3. The zero-order chi connectivity index (χ0) is 14.6. The first-order valence-corrected chi connectivity index (χ1v) is 9.47. The Morgan fingerprint density at radius 1 is 1.35 bits per heavy atom. The molecule has 0 saturated heterocycles. The molecule has 1 atom stereocenters. The van der Waals surface area contributed by atoms with Crippen LogP contribution in [0.3, 0.4) is 0 Å². The van der Waals surface area contributed by atoms with Gasteiger partial charge in [0.1, 0.15) is 0 Å². The highest BCUT2D eigenvalue weighted by atomic mass is 32.2. The van der Waals surface area contributed by atoms with Crippen LogP contribution in [0.1, 0.15) is 44.7 Å². The third kappa shape index (κ3) is 4.35. The molecule has 1 unspecified atom stereocenters. The van der Waals surface area contributed by atoms with E-state index in [2.05, 4.69) is 24.5 Å². The SMILES string of the molecule is CCCS(=O)(=O)CCn1ccc(C(NCC)C2CC2)c1. The number of hydrogen-bond donors (Lipinski definition) is 1. The van der Waals surface area contributed by atoms with Crippen molar-refractivity contribution < 1.29 is 8.42 Å². The first kappa shape index (κ1) is 15.6.